The van der Waals surface area contributed by atoms with Crippen molar-refractivity contribution >= 4 is 11.9 Å². The fourth-order valence-electron chi connectivity index (χ4n) is 2.54. The molecule has 0 spiro atoms. The summed E-state index contributed by atoms with van der Waals surface area (Å²) in [6.07, 6.45) is 0. The van der Waals surface area contributed by atoms with Gasteiger partial charge in [-0.3, -0.25) is 0 Å². The average molecular weight is 384 g/mol. The third-order valence-electron chi connectivity index (χ3n) is 3.75. The largest absolute Gasteiger partial charge is 0.482 e. The van der Waals surface area contributed by atoms with Crippen molar-refractivity contribution in [1.82, 2.24) is 0 Å². The summed E-state index contributed by atoms with van der Waals surface area (Å²) in [6.45, 7) is 11.3. The quantitative estimate of drug-likeness (QED) is 0.541. The number of esters is 2. The van der Waals surface area contributed by atoms with E-state index in [4.69, 9.17) is 14.2 Å². The molecule has 0 radical (unpaired) electrons. The summed E-state index contributed by atoms with van der Waals surface area (Å²) < 4.78 is 16.4. The highest BCUT2D eigenvalue weighted by atomic mass is 16.6. The molecule has 5 nitrogen and oxygen atoms in total. The first-order valence-electron chi connectivity index (χ1n) is 9.22. The number of carbonyl (C=O) groups is 2. The van der Waals surface area contributed by atoms with Gasteiger partial charge in [-0.05, 0) is 44.4 Å². The highest BCUT2D eigenvalue weighted by Gasteiger charge is 2.22. The molecule has 0 unspecified atom stereocenters. The van der Waals surface area contributed by atoms with Crippen LogP contribution in [-0.2, 0) is 14.9 Å². The Kier molecular flexibility index (Phi) is 6.49. The van der Waals surface area contributed by atoms with Crippen molar-refractivity contribution in [1.29, 1.82) is 0 Å². The SMILES string of the molecule is CC(C)(C)OC(=O)COc1ccc(C(C)(C)C)c(OC(=O)c2ccccc2)c1. The van der Waals surface area contributed by atoms with E-state index in [-0.39, 0.29) is 12.0 Å². The Hall–Kier alpha value is -2.82. The summed E-state index contributed by atoms with van der Waals surface area (Å²) >= 11 is 0. The standard InChI is InChI=1S/C23H28O5/c1-22(2,3)18-13-12-17(26-15-20(24)28-23(4,5)6)14-19(18)27-21(25)16-10-8-7-9-11-16/h7-14H,15H2,1-6H3. The molecule has 0 aromatic heterocycles. The monoisotopic (exact) mass is 384 g/mol. The van der Waals surface area contributed by atoms with Crippen LogP contribution in [0.2, 0.25) is 0 Å². The van der Waals surface area contributed by atoms with Crippen LogP contribution in [0.4, 0.5) is 0 Å². The second-order valence-corrected chi connectivity index (χ2v) is 8.54. The van der Waals surface area contributed by atoms with Gasteiger partial charge in [-0.15, -0.1) is 0 Å². The van der Waals surface area contributed by atoms with Crippen molar-refractivity contribution in [3.8, 4) is 11.5 Å². The maximum absolute atomic E-state index is 12.5. The fourth-order valence-corrected chi connectivity index (χ4v) is 2.54. The minimum Gasteiger partial charge on any atom is -0.482 e. The summed E-state index contributed by atoms with van der Waals surface area (Å²) in [7, 11) is 0. The number of carbonyl (C=O) groups excluding carboxylic acids is 2. The molecule has 2 aromatic carbocycles. The molecule has 0 atom stereocenters. The molecule has 150 valence electrons. The Morgan fingerprint density at radius 1 is 0.893 bits per heavy atom. The van der Waals surface area contributed by atoms with Gasteiger partial charge in [-0.2, -0.15) is 0 Å². The molecule has 28 heavy (non-hydrogen) atoms. The molecule has 0 saturated heterocycles. The molecule has 2 aromatic rings. The minimum atomic E-state index is -0.576. The number of benzene rings is 2. The predicted octanol–water partition coefficient (Wildman–Crippen LogP) is 4.92. The lowest BCUT2D eigenvalue weighted by Crippen LogP contribution is -2.27. The number of hydrogen-bond donors (Lipinski definition) is 0. The molecule has 0 saturated carbocycles. The molecule has 5 heteroatoms. The van der Waals surface area contributed by atoms with Gasteiger partial charge in [0.25, 0.3) is 0 Å². The second-order valence-electron chi connectivity index (χ2n) is 8.54. The molecule has 0 heterocycles. The van der Waals surface area contributed by atoms with Crippen molar-refractivity contribution < 1.29 is 23.8 Å². The van der Waals surface area contributed by atoms with Crippen molar-refractivity contribution in [3.05, 3.63) is 59.7 Å². The average Bonchev–Trinajstić information content (AvgIpc) is 2.58. The zero-order valence-corrected chi connectivity index (χ0v) is 17.4. The van der Waals surface area contributed by atoms with Gasteiger partial charge >= 0.3 is 11.9 Å². The van der Waals surface area contributed by atoms with Crippen LogP contribution in [0.3, 0.4) is 0 Å². The van der Waals surface area contributed by atoms with E-state index < -0.39 is 17.5 Å². The lowest BCUT2D eigenvalue weighted by molar-refractivity contribution is -0.157. The van der Waals surface area contributed by atoms with E-state index >= 15 is 0 Å². The highest BCUT2D eigenvalue weighted by molar-refractivity contribution is 5.91. The third-order valence-corrected chi connectivity index (χ3v) is 3.75. The predicted molar refractivity (Wildman–Crippen MR) is 108 cm³/mol. The number of hydrogen-bond acceptors (Lipinski definition) is 5. The Labute approximate surface area is 166 Å². The molecule has 0 bridgehead atoms. The summed E-state index contributed by atoms with van der Waals surface area (Å²) in [5.74, 6) is -0.0802. The Bertz CT molecular complexity index is 826. The van der Waals surface area contributed by atoms with Crippen molar-refractivity contribution in [3.63, 3.8) is 0 Å². The Balaban J connectivity index is 2.20. The van der Waals surface area contributed by atoms with E-state index in [0.29, 0.717) is 17.1 Å². The van der Waals surface area contributed by atoms with Crippen LogP contribution in [0.15, 0.2) is 48.5 Å². The van der Waals surface area contributed by atoms with Crippen LogP contribution >= 0.6 is 0 Å². The van der Waals surface area contributed by atoms with E-state index in [1.807, 2.05) is 32.9 Å². The van der Waals surface area contributed by atoms with Gasteiger partial charge in [-0.1, -0.05) is 45.0 Å². The van der Waals surface area contributed by atoms with E-state index in [9.17, 15) is 9.59 Å². The molecule has 0 amide bonds. The lowest BCUT2D eigenvalue weighted by atomic mass is 9.86. The minimum absolute atomic E-state index is 0.224. The van der Waals surface area contributed by atoms with Crippen molar-refractivity contribution in [2.45, 2.75) is 52.6 Å². The summed E-state index contributed by atoms with van der Waals surface area (Å²) in [4.78, 5) is 24.4. The fraction of sp³-hybridized carbons (Fsp3) is 0.391. The van der Waals surface area contributed by atoms with Gasteiger partial charge < -0.3 is 14.2 Å². The van der Waals surface area contributed by atoms with Gasteiger partial charge in [0.1, 0.15) is 17.1 Å². The molecule has 0 aliphatic heterocycles. The van der Waals surface area contributed by atoms with Crippen LogP contribution in [-0.4, -0.2) is 24.1 Å². The first-order valence-corrected chi connectivity index (χ1v) is 9.22. The molecule has 0 N–H and O–H groups in total. The molecule has 0 fully saturated rings. The Morgan fingerprint density at radius 2 is 1.54 bits per heavy atom. The van der Waals surface area contributed by atoms with Crippen LogP contribution in [0, 0.1) is 0 Å². The maximum Gasteiger partial charge on any atom is 0.344 e. The van der Waals surface area contributed by atoms with Crippen molar-refractivity contribution in [2.75, 3.05) is 6.61 Å². The number of ether oxygens (including phenoxy) is 3. The maximum atomic E-state index is 12.5. The lowest BCUT2D eigenvalue weighted by Gasteiger charge is -2.23. The first kappa shape index (κ1) is 21.5. The molecular weight excluding hydrogens is 356 g/mol. The second kappa shape index (κ2) is 8.46. The van der Waals surface area contributed by atoms with Crippen LogP contribution < -0.4 is 9.47 Å². The molecule has 2 rings (SSSR count). The van der Waals surface area contributed by atoms with Crippen molar-refractivity contribution in [2.24, 2.45) is 0 Å². The number of rotatable bonds is 5. The normalized spacial score (nSPS) is 11.6. The van der Waals surface area contributed by atoms with Gasteiger partial charge in [0.15, 0.2) is 6.61 Å². The summed E-state index contributed by atoms with van der Waals surface area (Å²) in [5, 5.41) is 0. The van der Waals surface area contributed by atoms with Crippen LogP contribution in [0.25, 0.3) is 0 Å². The van der Waals surface area contributed by atoms with Crippen LogP contribution in [0.1, 0.15) is 57.5 Å². The highest BCUT2D eigenvalue weighted by Crippen LogP contribution is 2.34. The van der Waals surface area contributed by atoms with Gasteiger partial charge in [0.05, 0.1) is 5.56 Å². The topological polar surface area (TPSA) is 61.8 Å². The zero-order chi connectivity index (χ0) is 20.9. The van der Waals surface area contributed by atoms with Crippen LogP contribution in [0.5, 0.6) is 11.5 Å². The van der Waals surface area contributed by atoms with Gasteiger partial charge in [0, 0.05) is 11.6 Å². The zero-order valence-electron chi connectivity index (χ0n) is 17.4. The third kappa shape index (κ3) is 6.41. The van der Waals surface area contributed by atoms with E-state index in [1.165, 1.54) is 0 Å². The van der Waals surface area contributed by atoms with Gasteiger partial charge in [-0.25, -0.2) is 9.59 Å². The molecular formula is C23H28O5. The van der Waals surface area contributed by atoms with E-state index in [0.717, 1.165) is 5.56 Å². The first-order chi connectivity index (χ1) is 13.0. The van der Waals surface area contributed by atoms with E-state index in [1.54, 1.807) is 57.2 Å². The Morgan fingerprint density at radius 3 is 2.11 bits per heavy atom. The van der Waals surface area contributed by atoms with E-state index in [2.05, 4.69) is 0 Å². The molecule has 0 aliphatic carbocycles. The smallest absolute Gasteiger partial charge is 0.344 e. The summed E-state index contributed by atoms with van der Waals surface area (Å²) in [5.41, 5.74) is 0.506. The van der Waals surface area contributed by atoms with Gasteiger partial charge in [0.2, 0.25) is 0 Å². The summed E-state index contributed by atoms with van der Waals surface area (Å²) in [6, 6.07) is 14.0. The molecule has 0 aliphatic rings.